The third-order valence-corrected chi connectivity index (χ3v) is 5.27. The molecule has 2 aromatic carbocycles. The van der Waals surface area contributed by atoms with Crippen LogP contribution in [-0.2, 0) is 6.54 Å². The molecule has 0 unspecified atom stereocenters. The highest BCUT2D eigenvalue weighted by Crippen LogP contribution is 2.30. The molecule has 0 spiro atoms. The lowest BCUT2D eigenvalue weighted by atomic mass is 10.1. The van der Waals surface area contributed by atoms with E-state index >= 15 is 0 Å². The maximum absolute atomic E-state index is 12.6. The minimum absolute atomic E-state index is 0.271. The first-order valence-electron chi connectivity index (χ1n) is 8.79. The Kier molecular flexibility index (Phi) is 5.96. The van der Waals surface area contributed by atoms with E-state index in [4.69, 9.17) is 10.8 Å². The number of thiophene rings is 1. The number of anilines is 2. The molecule has 28 heavy (non-hydrogen) atoms. The Bertz CT molecular complexity index is 969. The number of nitrogens with one attached hydrogen (secondary N) is 1. The van der Waals surface area contributed by atoms with Gasteiger partial charge in [-0.1, -0.05) is 24.3 Å². The SMILES string of the molecule is CCN(Cc1ccc(C(=O)Nc2cc(-c3cccs3)ccc2N)cc1)C(=O)O. The van der Waals surface area contributed by atoms with Gasteiger partial charge < -0.3 is 21.1 Å². The van der Waals surface area contributed by atoms with Crippen LogP contribution in [0.2, 0.25) is 0 Å². The van der Waals surface area contributed by atoms with E-state index in [2.05, 4.69) is 5.32 Å². The van der Waals surface area contributed by atoms with Gasteiger partial charge in [0.2, 0.25) is 0 Å². The summed E-state index contributed by atoms with van der Waals surface area (Å²) in [5.74, 6) is -0.271. The molecule has 0 bridgehead atoms. The van der Waals surface area contributed by atoms with E-state index in [1.54, 1.807) is 48.6 Å². The van der Waals surface area contributed by atoms with Crippen molar-refractivity contribution in [3.8, 4) is 10.4 Å². The number of nitrogens with zero attached hydrogens (tertiary/aromatic N) is 1. The first-order chi connectivity index (χ1) is 13.5. The zero-order valence-electron chi connectivity index (χ0n) is 15.4. The van der Waals surface area contributed by atoms with Crippen LogP contribution in [-0.4, -0.2) is 28.6 Å². The molecule has 3 aromatic rings. The lowest BCUT2D eigenvalue weighted by Gasteiger charge is -2.17. The van der Waals surface area contributed by atoms with Crippen molar-refractivity contribution in [2.45, 2.75) is 13.5 Å². The number of amides is 2. The highest BCUT2D eigenvalue weighted by atomic mass is 32.1. The molecule has 1 heterocycles. The molecule has 6 nitrogen and oxygen atoms in total. The maximum atomic E-state index is 12.6. The third-order valence-electron chi connectivity index (χ3n) is 4.35. The molecule has 3 rings (SSSR count). The summed E-state index contributed by atoms with van der Waals surface area (Å²) in [6.07, 6.45) is -0.967. The summed E-state index contributed by atoms with van der Waals surface area (Å²) < 4.78 is 0. The molecular formula is C21H21N3O3S. The number of hydrogen-bond acceptors (Lipinski definition) is 4. The Morgan fingerprint density at radius 1 is 1.14 bits per heavy atom. The van der Waals surface area contributed by atoms with Crippen LogP contribution in [0, 0.1) is 0 Å². The Labute approximate surface area is 167 Å². The number of rotatable bonds is 6. The third kappa shape index (κ3) is 4.50. The van der Waals surface area contributed by atoms with Crippen LogP contribution in [0.5, 0.6) is 0 Å². The molecule has 0 radical (unpaired) electrons. The van der Waals surface area contributed by atoms with Crippen molar-refractivity contribution in [2.75, 3.05) is 17.6 Å². The van der Waals surface area contributed by atoms with E-state index in [0.29, 0.717) is 23.5 Å². The van der Waals surface area contributed by atoms with E-state index < -0.39 is 6.09 Å². The fourth-order valence-electron chi connectivity index (χ4n) is 2.75. The van der Waals surface area contributed by atoms with Gasteiger partial charge in [-0.2, -0.15) is 0 Å². The Balaban J connectivity index is 1.73. The number of carbonyl (C=O) groups excluding carboxylic acids is 1. The number of benzene rings is 2. The van der Waals surface area contributed by atoms with Crippen LogP contribution in [0.1, 0.15) is 22.8 Å². The zero-order valence-corrected chi connectivity index (χ0v) is 16.2. The number of nitrogen functional groups attached to an aromatic ring is 1. The average molecular weight is 395 g/mol. The second kappa shape index (κ2) is 8.58. The molecule has 0 aliphatic rings. The predicted octanol–water partition coefficient (Wildman–Crippen LogP) is 4.75. The van der Waals surface area contributed by atoms with Crippen LogP contribution in [0.4, 0.5) is 16.2 Å². The summed E-state index contributed by atoms with van der Waals surface area (Å²) in [6.45, 7) is 2.46. The number of nitrogens with two attached hydrogens (primary N) is 1. The van der Waals surface area contributed by atoms with Gasteiger partial charge in [0, 0.05) is 23.5 Å². The molecule has 0 atom stereocenters. The van der Waals surface area contributed by atoms with Crippen molar-refractivity contribution in [1.29, 1.82) is 0 Å². The standard InChI is InChI=1S/C21H21N3O3S/c1-2-24(21(26)27)13-14-5-7-15(8-6-14)20(25)23-18-12-16(9-10-17(18)22)19-4-3-11-28-19/h3-12H,2,13,22H2,1H3,(H,23,25)(H,26,27). The predicted molar refractivity (Wildman–Crippen MR) is 113 cm³/mol. The quantitative estimate of drug-likeness (QED) is 0.525. The van der Waals surface area contributed by atoms with E-state index in [1.165, 1.54) is 4.90 Å². The molecule has 0 saturated carbocycles. The van der Waals surface area contributed by atoms with E-state index in [-0.39, 0.29) is 12.5 Å². The van der Waals surface area contributed by atoms with Gasteiger partial charge in [-0.05, 0) is 53.8 Å². The lowest BCUT2D eigenvalue weighted by Crippen LogP contribution is -2.28. The second-order valence-corrected chi connectivity index (χ2v) is 7.17. The minimum atomic E-state index is -0.967. The van der Waals surface area contributed by atoms with E-state index in [1.807, 2.05) is 29.6 Å². The van der Waals surface area contributed by atoms with E-state index in [0.717, 1.165) is 16.0 Å². The molecule has 144 valence electrons. The molecular weight excluding hydrogens is 374 g/mol. The van der Waals surface area contributed by atoms with Gasteiger partial charge in [-0.15, -0.1) is 11.3 Å². The molecule has 0 fully saturated rings. The summed E-state index contributed by atoms with van der Waals surface area (Å²) in [5, 5.41) is 14.0. The van der Waals surface area contributed by atoms with Gasteiger partial charge in [0.1, 0.15) is 0 Å². The van der Waals surface area contributed by atoms with Gasteiger partial charge >= 0.3 is 6.09 Å². The topological polar surface area (TPSA) is 95.7 Å². The smallest absolute Gasteiger partial charge is 0.407 e. The van der Waals surface area contributed by atoms with Gasteiger partial charge in [0.05, 0.1) is 11.4 Å². The second-order valence-electron chi connectivity index (χ2n) is 6.23. The highest BCUT2D eigenvalue weighted by molar-refractivity contribution is 7.13. The Hall–Kier alpha value is -3.32. The maximum Gasteiger partial charge on any atom is 0.407 e. The van der Waals surface area contributed by atoms with Crippen molar-refractivity contribution in [2.24, 2.45) is 0 Å². The number of carboxylic acid groups (broad SMARTS) is 1. The van der Waals surface area contributed by atoms with Crippen LogP contribution in [0.3, 0.4) is 0 Å². The summed E-state index contributed by atoms with van der Waals surface area (Å²) in [6, 6.07) is 16.4. The normalized spacial score (nSPS) is 10.5. The van der Waals surface area contributed by atoms with Crippen LogP contribution in [0.25, 0.3) is 10.4 Å². The first-order valence-corrected chi connectivity index (χ1v) is 9.67. The first kappa shape index (κ1) is 19.4. The Morgan fingerprint density at radius 2 is 1.89 bits per heavy atom. The van der Waals surface area contributed by atoms with Crippen LogP contribution < -0.4 is 11.1 Å². The van der Waals surface area contributed by atoms with Crippen molar-refractivity contribution in [1.82, 2.24) is 4.90 Å². The highest BCUT2D eigenvalue weighted by Gasteiger charge is 2.12. The summed E-state index contributed by atoms with van der Waals surface area (Å²) in [4.78, 5) is 26.1. The number of hydrogen-bond donors (Lipinski definition) is 3. The lowest BCUT2D eigenvalue weighted by molar-refractivity contribution is 0.102. The zero-order chi connectivity index (χ0) is 20.1. The fraction of sp³-hybridized carbons (Fsp3) is 0.143. The molecule has 7 heteroatoms. The van der Waals surface area contributed by atoms with Crippen molar-refractivity contribution >= 4 is 34.7 Å². The number of carbonyl (C=O) groups is 2. The summed E-state index contributed by atoms with van der Waals surface area (Å²) >= 11 is 1.62. The molecule has 0 saturated heterocycles. The summed E-state index contributed by atoms with van der Waals surface area (Å²) in [5.41, 5.74) is 9.35. The average Bonchev–Trinajstić information content (AvgIpc) is 3.22. The van der Waals surface area contributed by atoms with Gasteiger partial charge in [-0.3, -0.25) is 4.79 Å². The largest absolute Gasteiger partial charge is 0.465 e. The van der Waals surface area contributed by atoms with Crippen LogP contribution in [0.15, 0.2) is 60.0 Å². The molecule has 1 aromatic heterocycles. The fourth-order valence-corrected chi connectivity index (χ4v) is 3.48. The molecule has 0 aliphatic heterocycles. The van der Waals surface area contributed by atoms with Crippen molar-refractivity contribution < 1.29 is 14.7 Å². The Morgan fingerprint density at radius 3 is 2.50 bits per heavy atom. The molecule has 0 aliphatic carbocycles. The van der Waals surface area contributed by atoms with E-state index in [9.17, 15) is 9.59 Å². The van der Waals surface area contributed by atoms with Crippen molar-refractivity contribution in [3.63, 3.8) is 0 Å². The molecule has 4 N–H and O–H groups in total. The molecule has 2 amide bonds. The van der Waals surface area contributed by atoms with Gasteiger partial charge in [0.15, 0.2) is 0 Å². The summed E-state index contributed by atoms with van der Waals surface area (Å²) in [7, 11) is 0. The van der Waals surface area contributed by atoms with Gasteiger partial charge in [0.25, 0.3) is 5.91 Å². The van der Waals surface area contributed by atoms with Crippen LogP contribution >= 0.6 is 11.3 Å². The van der Waals surface area contributed by atoms with Crippen molar-refractivity contribution in [3.05, 3.63) is 71.1 Å². The van der Waals surface area contributed by atoms with Gasteiger partial charge in [-0.25, -0.2) is 4.79 Å². The monoisotopic (exact) mass is 395 g/mol. The minimum Gasteiger partial charge on any atom is -0.465 e.